The zero-order chi connectivity index (χ0) is 23.2. The molecule has 3 aliphatic rings. The van der Waals surface area contributed by atoms with Crippen LogP contribution in [0.2, 0.25) is 0 Å². The fourth-order valence-electron chi connectivity index (χ4n) is 5.08. The number of rotatable bonds is 2. The summed E-state index contributed by atoms with van der Waals surface area (Å²) in [4.78, 5) is 40.2. The lowest BCUT2D eigenvalue weighted by Crippen LogP contribution is -2.69. The lowest BCUT2D eigenvalue weighted by atomic mass is 9.67. The second-order valence-corrected chi connectivity index (χ2v) is 8.71. The van der Waals surface area contributed by atoms with Gasteiger partial charge in [0.1, 0.15) is 11.6 Å². The second kappa shape index (κ2) is 7.83. The number of hydrogen-bond donors (Lipinski definition) is 2. The lowest BCUT2D eigenvalue weighted by molar-refractivity contribution is -0.276. The Morgan fingerprint density at radius 2 is 1.12 bits per heavy atom. The minimum Gasteiger partial charge on any atom is -0.421 e. The number of benzene rings is 2. The summed E-state index contributed by atoms with van der Waals surface area (Å²) in [5.74, 6) is -4.07. The van der Waals surface area contributed by atoms with E-state index in [1.165, 1.54) is 48.5 Å². The van der Waals surface area contributed by atoms with E-state index in [2.05, 4.69) is 10.6 Å². The van der Waals surface area contributed by atoms with E-state index in [9.17, 15) is 23.2 Å². The lowest BCUT2D eigenvalue weighted by Gasteiger charge is -2.52. The maximum absolute atomic E-state index is 13.8. The van der Waals surface area contributed by atoms with Gasteiger partial charge in [-0.1, -0.05) is 30.7 Å². The number of carbonyl (C=O) groups is 3. The number of carbonyl (C=O) groups excluding carboxylic acids is 3. The van der Waals surface area contributed by atoms with Gasteiger partial charge < -0.3 is 20.1 Å². The third kappa shape index (κ3) is 3.42. The van der Waals surface area contributed by atoms with E-state index >= 15 is 0 Å². The molecule has 2 spiro atoms. The Balaban J connectivity index is 1.66. The number of amides is 2. The summed E-state index contributed by atoms with van der Waals surface area (Å²) in [5, 5.41) is 5.26. The fourth-order valence-corrected chi connectivity index (χ4v) is 5.08. The zero-order valence-electron chi connectivity index (χ0n) is 17.6. The molecule has 33 heavy (non-hydrogen) atoms. The summed E-state index contributed by atoms with van der Waals surface area (Å²) in [7, 11) is 0. The molecule has 7 nitrogen and oxygen atoms in total. The van der Waals surface area contributed by atoms with Gasteiger partial charge in [0.2, 0.25) is 5.41 Å². The first kappa shape index (κ1) is 21.4. The van der Waals surface area contributed by atoms with Crippen LogP contribution >= 0.6 is 0 Å². The largest absolute Gasteiger partial charge is 0.421 e. The van der Waals surface area contributed by atoms with Crippen LogP contribution in [0.1, 0.15) is 55.3 Å². The highest BCUT2D eigenvalue weighted by molar-refractivity contribution is 6.05. The first-order valence-corrected chi connectivity index (χ1v) is 10.9. The van der Waals surface area contributed by atoms with E-state index in [-0.39, 0.29) is 0 Å². The Morgan fingerprint density at radius 3 is 1.55 bits per heavy atom. The van der Waals surface area contributed by atoms with Gasteiger partial charge in [-0.05, 0) is 48.2 Å². The molecule has 1 saturated carbocycles. The van der Waals surface area contributed by atoms with Crippen LogP contribution in [0, 0.1) is 17.0 Å². The first-order chi connectivity index (χ1) is 15.8. The number of halogens is 2. The minimum atomic E-state index is -2.05. The molecule has 2 amide bonds. The molecule has 3 fully saturated rings. The van der Waals surface area contributed by atoms with E-state index in [0.29, 0.717) is 24.0 Å². The van der Waals surface area contributed by atoms with E-state index in [1.54, 1.807) is 0 Å². The molecular weight excluding hydrogens is 434 g/mol. The van der Waals surface area contributed by atoms with Crippen molar-refractivity contribution in [1.29, 1.82) is 0 Å². The molecule has 2 saturated heterocycles. The van der Waals surface area contributed by atoms with Gasteiger partial charge in [0, 0.05) is 12.8 Å². The summed E-state index contributed by atoms with van der Waals surface area (Å²) in [6.07, 6.45) is 3.21. The number of urea groups is 1. The van der Waals surface area contributed by atoms with Crippen molar-refractivity contribution in [3.8, 4) is 0 Å². The van der Waals surface area contributed by atoms with Crippen molar-refractivity contribution in [2.75, 3.05) is 0 Å². The van der Waals surface area contributed by atoms with E-state index in [4.69, 9.17) is 9.47 Å². The Kier molecular flexibility index (Phi) is 5.07. The van der Waals surface area contributed by atoms with Gasteiger partial charge in [-0.15, -0.1) is 0 Å². The quantitative estimate of drug-likeness (QED) is 0.530. The maximum atomic E-state index is 13.8. The van der Waals surface area contributed by atoms with Crippen LogP contribution in [0.5, 0.6) is 0 Å². The standard InChI is InChI=1S/C24H22F2N2O5/c25-16-8-4-14(5-9-16)18-24(19(28-22(31)27-18)15-6-10-17(26)11-7-15)20(29)32-23(33-21(24)30)12-2-1-3-13-23/h4-11,18-19H,1-3,12-13H2,(H2,27,28,31)/t18-,19+. The van der Waals surface area contributed by atoms with Crippen molar-refractivity contribution in [3.05, 3.63) is 71.3 Å². The molecule has 2 aliphatic heterocycles. The molecule has 1 aliphatic carbocycles. The molecule has 2 atom stereocenters. The van der Waals surface area contributed by atoms with Crippen molar-refractivity contribution in [3.63, 3.8) is 0 Å². The molecule has 2 heterocycles. The van der Waals surface area contributed by atoms with Crippen LogP contribution in [-0.2, 0) is 19.1 Å². The number of hydrogen-bond acceptors (Lipinski definition) is 5. The molecule has 0 aromatic heterocycles. The highest BCUT2D eigenvalue weighted by atomic mass is 19.1. The smallest absolute Gasteiger partial charge is 0.331 e. The molecule has 5 rings (SSSR count). The monoisotopic (exact) mass is 456 g/mol. The van der Waals surface area contributed by atoms with Crippen molar-refractivity contribution in [2.24, 2.45) is 5.41 Å². The Bertz CT molecular complexity index is 1020. The second-order valence-electron chi connectivity index (χ2n) is 8.71. The molecule has 2 aromatic rings. The fraction of sp³-hybridized carbons (Fsp3) is 0.375. The third-order valence-corrected chi connectivity index (χ3v) is 6.72. The molecule has 0 bridgehead atoms. The number of esters is 2. The zero-order valence-corrected chi connectivity index (χ0v) is 17.6. The van der Waals surface area contributed by atoms with Gasteiger partial charge in [0.15, 0.2) is 0 Å². The van der Waals surface area contributed by atoms with Gasteiger partial charge >= 0.3 is 18.0 Å². The van der Waals surface area contributed by atoms with E-state index < -0.39 is 52.9 Å². The average molecular weight is 456 g/mol. The van der Waals surface area contributed by atoms with Crippen LogP contribution in [0.15, 0.2) is 48.5 Å². The van der Waals surface area contributed by atoms with Crippen molar-refractivity contribution in [2.45, 2.75) is 50.0 Å². The van der Waals surface area contributed by atoms with E-state index in [0.717, 1.165) is 19.3 Å². The summed E-state index contributed by atoms with van der Waals surface area (Å²) >= 11 is 0. The molecule has 2 N–H and O–H groups in total. The minimum absolute atomic E-state index is 0.326. The van der Waals surface area contributed by atoms with Gasteiger partial charge in [-0.25, -0.2) is 13.6 Å². The van der Waals surface area contributed by atoms with Crippen molar-refractivity contribution in [1.82, 2.24) is 10.6 Å². The maximum Gasteiger partial charge on any atom is 0.331 e. The molecule has 0 radical (unpaired) electrons. The third-order valence-electron chi connectivity index (χ3n) is 6.72. The molecule has 2 aromatic carbocycles. The highest BCUT2D eigenvalue weighted by Gasteiger charge is 2.69. The summed E-state index contributed by atoms with van der Waals surface area (Å²) in [6, 6.07) is 7.19. The van der Waals surface area contributed by atoms with Crippen LogP contribution in [0.25, 0.3) is 0 Å². The SMILES string of the molecule is O=C1N[C@H](c2ccc(F)cc2)C2(C(=O)OC3(CCCCC3)OC2=O)[C@H](c2ccc(F)cc2)N1. The van der Waals surface area contributed by atoms with Crippen molar-refractivity contribution >= 4 is 18.0 Å². The highest BCUT2D eigenvalue weighted by Crippen LogP contribution is 2.53. The van der Waals surface area contributed by atoms with Gasteiger partial charge in [0.05, 0.1) is 12.1 Å². The summed E-state index contributed by atoms with van der Waals surface area (Å²) in [6.45, 7) is 0. The van der Waals surface area contributed by atoms with Crippen LogP contribution in [-0.4, -0.2) is 23.8 Å². The van der Waals surface area contributed by atoms with Gasteiger partial charge in [0.25, 0.3) is 5.79 Å². The van der Waals surface area contributed by atoms with Crippen LogP contribution in [0.4, 0.5) is 13.6 Å². The number of ether oxygens (including phenoxy) is 2. The normalized spacial score (nSPS) is 25.7. The Labute approximate surface area is 188 Å². The topological polar surface area (TPSA) is 93.7 Å². The molecule has 0 unspecified atom stereocenters. The summed E-state index contributed by atoms with van der Waals surface area (Å²) in [5.41, 5.74) is -1.40. The predicted molar refractivity (Wildman–Crippen MR) is 110 cm³/mol. The van der Waals surface area contributed by atoms with E-state index in [1.807, 2.05) is 0 Å². The average Bonchev–Trinajstić information content (AvgIpc) is 2.79. The number of nitrogens with one attached hydrogen (secondary N) is 2. The molecule has 9 heteroatoms. The Hall–Kier alpha value is -3.49. The molecular formula is C24H22F2N2O5. The first-order valence-electron chi connectivity index (χ1n) is 10.9. The summed E-state index contributed by atoms with van der Waals surface area (Å²) < 4.78 is 38.9. The van der Waals surface area contributed by atoms with Crippen LogP contribution in [0.3, 0.4) is 0 Å². The van der Waals surface area contributed by atoms with Crippen LogP contribution < -0.4 is 10.6 Å². The molecule has 172 valence electrons. The Morgan fingerprint density at radius 1 is 0.697 bits per heavy atom. The van der Waals surface area contributed by atoms with Gasteiger partial charge in [-0.2, -0.15) is 0 Å². The predicted octanol–water partition coefficient (Wildman–Crippen LogP) is 3.81. The van der Waals surface area contributed by atoms with Gasteiger partial charge in [-0.3, -0.25) is 9.59 Å². The van der Waals surface area contributed by atoms with Crippen molar-refractivity contribution < 1.29 is 32.6 Å².